The van der Waals surface area contributed by atoms with Gasteiger partial charge >= 0.3 is 5.97 Å². The molecule has 0 fully saturated rings. The number of aromatic nitrogens is 3. The monoisotopic (exact) mass is 246 g/mol. The fourth-order valence-electron chi connectivity index (χ4n) is 1.97. The third-order valence-electron chi connectivity index (χ3n) is 2.92. The lowest BCUT2D eigenvalue weighted by Crippen LogP contribution is -2.04. The maximum absolute atomic E-state index is 10.8. The van der Waals surface area contributed by atoms with Gasteiger partial charge in [-0.15, -0.1) is 0 Å². The molecule has 0 atom stereocenters. The van der Waals surface area contributed by atoms with Gasteiger partial charge in [0.05, 0.1) is 5.69 Å². The van der Waals surface area contributed by atoms with Crippen molar-refractivity contribution in [3.05, 3.63) is 29.2 Å². The first-order chi connectivity index (χ1) is 8.41. The zero-order valence-electron chi connectivity index (χ0n) is 10.4. The van der Waals surface area contributed by atoms with Gasteiger partial charge in [0.15, 0.2) is 5.69 Å². The van der Waals surface area contributed by atoms with Gasteiger partial charge in [0.25, 0.3) is 0 Å². The van der Waals surface area contributed by atoms with E-state index in [4.69, 9.17) is 10.8 Å². The number of pyridine rings is 1. The van der Waals surface area contributed by atoms with Crippen molar-refractivity contribution in [3.8, 4) is 11.1 Å². The van der Waals surface area contributed by atoms with Crippen molar-refractivity contribution in [2.24, 2.45) is 7.05 Å². The van der Waals surface area contributed by atoms with E-state index in [9.17, 15) is 4.79 Å². The number of rotatable bonds is 2. The van der Waals surface area contributed by atoms with Gasteiger partial charge in [-0.2, -0.15) is 5.10 Å². The van der Waals surface area contributed by atoms with E-state index in [2.05, 4.69) is 10.1 Å². The molecular weight excluding hydrogens is 232 g/mol. The minimum atomic E-state index is -1.09. The molecule has 6 heteroatoms. The smallest absolute Gasteiger partial charge is 0.354 e. The van der Waals surface area contributed by atoms with Crippen LogP contribution in [-0.4, -0.2) is 25.8 Å². The third-order valence-corrected chi connectivity index (χ3v) is 2.92. The van der Waals surface area contributed by atoms with Crippen LogP contribution in [0.1, 0.15) is 21.9 Å². The van der Waals surface area contributed by atoms with Crippen molar-refractivity contribution in [2.75, 3.05) is 5.73 Å². The van der Waals surface area contributed by atoms with E-state index in [1.165, 1.54) is 6.07 Å². The number of carboxylic acids is 1. The van der Waals surface area contributed by atoms with Gasteiger partial charge in [-0.1, -0.05) is 0 Å². The van der Waals surface area contributed by atoms with E-state index in [-0.39, 0.29) is 11.5 Å². The molecule has 2 aromatic heterocycles. The molecule has 0 aliphatic carbocycles. The van der Waals surface area contributed by atoms with Gasteiger partial charge in [0.2, 0.25) is 0 Å². The number of nitrogen functional groups attached to an aromatic ring is 1. The van der Waals surface area contributed by atoms with Crippen LogP contribution in [0.3, 0.4) is 0 Å². The molecule has 0 aliphatic rings. The molecule has 0 unspecified atom stereocenters. The van der Waals surface area contributed by atoms with Crippen LogP contribution >= 0.6 is 0 Å². The van der Waals surface area contributed by atoms with Gasteiger partial charge in [0, 0.05) is 23.9 Å². The number of hydrogen-bond donors (Lipinski definition) is 2. The summed E-state index contributed by atoms with van der Waals surface area (Å²) in [6, 6.07) is 3.11. The molecule has 18 heavy (non-hydrogen) atoms. The molecule has 2 heterocycles. The van der Waals surface area contributed by atoms with E-state index in [1.807, 2.05) is 20.9 Å². The van der Waals surface area contributed by atoms with E-state index in [1.54, 1.807) is 10.7 Å². The number of anilines is 1. The molecule has 0 saturated heterocycles. The molecule has 2 aromatic rings. The minimum Gasteiger partial charge on any atom is -0.477 e. The van der Waals surface area contributed by atoms with Crippen LogP contribution in [0.2, 0.25) is 0 Å². The predicted molar refractivity (Wildman–Crippen MR) is 67.3 cm³/mol. The molecule has 0 saturated carbocycles. The fourth-order valence-corrected chi connectivity index (χ4v) is 1.97. The Kier molecular flexibility index (Phi) is 2.78. The summed E-state index contributed by atoms with van der Waals surface area (Å²) in [7, 11) is 1.85. The standard InChI is InChI=1S/C12H14N4O2/c1-6-10(7(2)16(3)15-6)8-4-5-9(12(17)18)14-11(8)13/h4-5H,1-3H3,(H2,13,14)(H,17,18). The lowest BCUT2D eigenvalue weighted by molar-refractivity contribution is 0.0690. The lowest BCUT2D eigenvalue weighted by atomic mass is 10.0. The summed E-state index contributed by atoms with van der Waals surface area (Å²) in [6.45, 7) is 3.81. The number of aryl methyl sites for hydroxylation is 2. The highest BCUT2D eigenvalue weighted by Crippen LogP contribution is 2.30. The Bertz CT molecular complexity index is 631. The van der Waals surface area contributed by atoms with Gasteiger partial charge in [-0.3, -0.25) is 4.68 Å². The van der Waals surface area contributed by atoms with Crippen LogP contribution < -0.4 is 5.73 Å². The third kappa shape index (κ3) is 1.81. The minimum absolute atomic E-state index is 0.0598. The number of nitrogens with two attached hydrogens (primary N) is 1. The van der Waals surface area contributed by atoms with Gasteiger partial charge < -0.3 is 10.8 Å². The molecule has 0 amide bonds. The largest absolute Gasteiger partial charge is 0.477 e. The molecular formula is C12H14N4O2. The summed E-state index contributed by atoms with van der Waals surface area (Å²) in [5.41, 5.74) is 9.18. The number of hydrogen-bond acceptors (Lipinski definition) is 4. The average Bonchev–Trinajstić information content (AvgIpc) is 2.54. The van der Waals surface area contributed by atoms with Crippen LogP contribution in [0.15, 0.2) is 12.1 Å². The molecule has 2 rings (SSSR count). The second kappa shape index (κ2) is 4.14. The van der Waals surface area contributed by atoms with Crippen molar-refractivity contribution in [1.29, 1.82) is 0 Å². The van der Waals surface area contributed by atoms with Gasteiger partial charge in [0.1, 0.15) is 5.82 Å². The van der Waals surface area contributed by atoms with Gasteiger partial charge in [-0.05, 0) is 26.0 Å². The SMILES string of the molecule is Cc1nn(C)c(C)c1-c1ccc(C(=O)O)nc1N. The second-order valence-electron chi connectivity index (χ2n) is 4.10. The van der Waals surface area contributed by atoms with Crippen molar-refractivity contribution >= 4 is 11.8 Å². The highest BCUT2D eigenvalue weighted by Gasteiger charge is 2.16. The van der Waals surface area contributed by atoms with Crippen molar-refractivity contribution < 1.29 is 9.90 Å². The normalized spacial score (nSPS) is 10.6. The Hall–Kier alpha value is -2.37. The van der Waals surface area contributed by atoms with Crippen molar-refractivity contribution in [1.82, 2.24) is 14.8 Å². The molecule has 3 N–H and O–H groups in total. The molecule has 0 aromatic carbocycles. The molecule has 94 valence electrons. The Morgan fingerprint density at radius 2 is 2.06 bits per heavy atom. The molecule has 0 radical (unpaired) electrons. The average molecular weight is 246 g/mol. The van der Waals surface area contributed by atoms with E-state index in [0.29, 0.717) is 5.56 Å². The van der Waals surface area contributed by atoms with Crippen LogP contribution in [0, 0.1) is 13.8 Å². The van der Waals surface area contributed by atoms with E-state index in [0.717, 1.165) is 17.0 Å². The Morgan fingerprint density at radius 1 is 1.39 bits per heavy atom. The molecule has 0 spiro atoms. The first-order valence-electron chi connectivity index (χ1n) is 5.42. The summed E-state index contributed by atoms with van der Waals surface area (Å²) in [4.78, 5) is 14.7. The first-order valence-corrected chi connectivity index (χ1v) is 5.42. The number of carboxylic acid groups (broad SMARTS) is 1. The van der Waals surface area contributed by atoms with Crippen LogP contribution in [0.25, 0.3) is 11.1 Å². The summed E-state index contributed by atoms with van der Waals surface area (Å²) >= 11 is 0. The van der Waals surface area contributed by atoms with Crippen molar-refractivity contribution in [2.45, 2.75) is 13.8 Å². The van der Waals surface area contributed by atoms with Crippen LogP contribution in [0.4, 0.5) is 5.82 Å². The number of carbonyl (C=O) groups is 1. The van der Waals surface area contributed by atoms with E-state index >= 15 is 0 Å². The molecule has 0 bridgehead atoms. The molecule has 0 aliphatic heterocycles. The maximum Gasteiger partial charge on any atom is 0.354 e. The Labute approximate surface area is 104 Å². The van der Waals surface area contributed by atoms with Crippen LogP contribution in [0.5, 0.6) is 0 Å². The van der Waals surface area contributed by atoms with E-state index < -0.39 is 5.97 Å². The summed E-state index contributed by atoms with van der Waals surface area (Å²) in [5.74, 6) is -0.887. The number of nitrogens with zero attached hydrogens (tertiary/aromatic N) is 3. The van der Waals surface area contributed by atoms with Crippen molar-refractivity contribution in [3.63, 3.8) is 0 Å². The zero-order valence-corrected chi connectivity index (χ0v) is 10.4. The quantitative estimate of drug-likeness (QED) is 0.834. The Morgan fingerprint density at radius 3 is 2.50 bits per heavy atom. The lowest BCUT2D eigenvalue weighted by Gasteiger charge is -2.06. The Balaban J connectivity index is 2.62. The van der Waals surface area contributed by atoms with Crippen LogP contribution in [-0.2, 0) is 7.05 Å². The summed E-state index contributed by atoms with van der Waals surface area (Å²) in [6.07, 6.45) is 0. The zero-order chi connectivity index (χ0) is 13.4. The second-order valence-corrected chi connectivity index (χ2v) is 4.10. The highest BCUT2D eigenvalue weighted by molar-refractivity contribution is 5.88. The number of aromatic carboxylic acids is 1. The maximum atomic E-state index is 10.8. The summed E-state index contributed by atoms with van der Waals surface area (Å²) in [5, 5.41) is 13.2. The topological polar surface area (TPSA) is 94.0 Å². The first kappa shape index (κ1) is 12.1. The fraction of sp³-hybridized carbons (Fsp3) is 0.250. The summed E-state index contributed by atoms with van der Waals surface area (Å²) < 4.78 is 1.76. The molecule has 6 nitrogen and oxygen atoms in total. The predicted octanol–water partition coefficient (Wildman–Crippen LogP) is 1.38. The van der Waals surface area contributed by atoms with Gasteiger partial charge in [-0.25, -0.2) is 9.78 Å². The highest BCUT2D eigenvalue weighted by atomic mass is 16.4.